The van der Waals surface area contributed by atoms with Crippen molar-refractivity contribution >= 4 is 28.0 Å². The highest BCUT2D eigenvalue weighted by atomic mass is 19.1. The molecule has 1 aromatic carbocycles. The number of carbonyl (C=O) groups excluding carboxylic acids is 1. The molecule has 4 heterocycles. The highest BCUT2D eigenvalue weighted by Crippen LogP contribution is 2.28. The molecule has 9 nitrogen and oxygen atoms in total. The van der Waals surface area contributed by atoms with E-state index in [0.29, 0.717) is 46.7 Å². The van der Waals surface area contributed by atoms with Crippen LogP contribution in [0.15, 0.2) is 30.6 Å². The van der Waals surface area contributed by atoms with Crippen molar-refractivity contribution in [2.75, 3.05) is 19.6 Å². The Balaban J connectivity index is 1.47. The monoisotopic (exact) mass is 418 g/mol. The van der Waals surface area contributed by atoms with Crippen LogP contribution in [-0.4, -0.2) is 61.2 Å². The zero-order valence-electron chi connectivity index (χ0n) is 16.8. The normalized spacial score (nSPS) is 16.7. The molecule has 1 aliphatic heterocycles. The van der Waals surface area contributed by atoms with Gasteiger partial charge < -0.3 is 10.3 Å². The Kier molecular flexibility index (Phi) is 4.60. The second-order valence-corrected chi connectivity index (χ2v) is 7.64. The van der Waals surface area contributed by atoms with Crippen molar-refractivity contribution in [3.8, 4) is 17.5 Å². The number of halogens is 1. The Bertz CT molecular complexity index is 1350. The molecular formula is C21H19FN8O. The molecule has 31 heavy (non-hydrogen) atoms. The maximum absolute atomic E-state index is 13.6. The summed E-state index contributed by atoms with van der Waals surface area (Å²) in [7, 11) is 1.74. The second-order valence-electron chi connectivity index (χ2n) is 7.64. The Morgan fingerprint density at radius 1 is 1.45 bits per heavy atom. The Hall–Kier alpha value is -3.84. The van der Waals surface area contributed by atoms with Gasteiger partial charge in [-0.3, -0.25) is 14.4 Å². The van der Waals surface area contributed by atoms with Gasteiger partial charge in [-0.2, -0.15) is 10.4 Å². The van der Waals surface area contributed by atoms with Crippen LogP contribution >= 0.6 is 0 Å². The topological polar surface area (TPSA) is 116 Å². The quantitative estimate of drug-likeness (QED) is 0.490. The molecule has 156 valence electrons. The van der Waals surface area contributed by atoms with Crippen LogP contribution in [-0.2, 0) is 7.05 Å². The van der Waals surface area contributed by atoms with Crippen molar-refractivity contribution in [2.45, 2.75) is 12.5 Å². The third kappa shape index (κ3) is 3.39. The van der Waals surface area contributed by atoms with Gasteiger partial charge in [0.1, 0.15) is 22.7 Å². The summed E-state index contributed by atoms with van der Waals surface area (Å²) < 4.78 is 15.2. The maximum Gasteiger partial charge on any atom is 0.255 e. The van der Waals surface area contributed by atoms with Gasteiger partial charge in [-0.1, -0.05) is 0 Å². The number of amides is 1. The lowest BCUT2D eigenvalue weighted by Gasteiger charge is -2.13. The fourth-order valence-corrected chi connectivity index (χ4v) is 4.06. The first kappa shape index (κ1) is 19.1. The van der Waals surface area contributed by atoms with Crippen LogP contribution in [0.1, 0.15) is 16.8 Å². The van der Waals surface area contributed by atoms with E-state index >= 15 is 0 Å². The van der Waals surface area contributed by atoms with Gasteiger partial charge in [-0.15, -0.1) is 0 Å². The van der Waals surface area contributed by atoms with Crippen LogP contribution in [0, 0.1) is 17.1 Å². The van der Waals surface area contributed by atoms with Gasteiger partial charge in [-0.25, -0.2) is 14.4 Å². The highest BCUT2D eigenvalue weighted by Gasteiger charge is 2.25. The van der Waals surface area contributed by atoms with Crippen molar-refractivity contribution in [3.63, 3.8) is 0 Å². The smallest absolute Gasteiger partial charge is 0.255 e. The molecule has 1 aliphatic rings. The largest absolute Gasteiger partial charge is 0.348 e. The number of aromatic amines is 1. The first-order chi connectivity index (χ1) is 15.0. The lowest BCUT2D eigenvalue weighted by Crippen LogP contribution is -2.37. The summed E-state index contributed by atoms with van der Waals surface area (Å²) in [4.78, 5) is 26.9. The number of rotatable bonds is 4. The van der Waals surface area contributed by atoms with E-state index in [1.807, 2.05) is 4.90 Å². The molecule has 0 radical (unpaired) electrons. The molecule has 0 aliphatic carbocycles. The number of likely N-dealkylation sites (tertiary alicyclic amines) is 1. The van der Waals surface area contributed by atoms with E-state index in [0.717, 1.165) is 18.4 Å². The number of aryl methyl sites for hydroxylation is 1. The van der Waals surface area contributed by atoms with Gasteiger partial charge in [0.25, 0.3) is 5.91 Å². The van der Waals surface area contributed by atoms with Gasteiger partial charge in [-0.05, 0) is 24.6 Å². The molecule has 1 fully saturated rings. The number of carbonyl (C=O) groups is 1. The van der Waals surface area contributed by atoms with E-state index in [1.54, 1.807) is 30.2 Å². The lowest BCUT2D eigenvalue weighted by atomic mass is 10.1. The molecule has 5 rings (SSSR count). The average molecular weight is 418 g/mol. The van der Waals surface area contributed by atoms with Crippen LogP contribution in [0.2, 0.25) is 0 Å². The molecule has 10 heteroatoms. The number of hydrogen-bond donors (Lipinski definition) is 2. The number of nitrogens with zero attached hydrogens (tertiary/aromatic N) is 6. The standard InChI is InChI=1S/C21H19FN8O/c1-29-17-8-12(22)2-3-14(17)18(28-29)16-10-25-20-19(27-16)15(9-24-20)21(31)26-13-4-6-30(11-13)7-5-23/h2-3,8-10,13H,4,6-7,11H2,1H3,(H,24,25)(H,26,31)/t13-/m1/s1. The Morgan fingerprint density at radius 2 is 2.32 bits per heavy atom. The number of aromatic nitrogens is 5. The predicted molar refractivity (Wildman–Crippen MR) is 111 cm³/mol. The highest BCUT2D eigenvalue weighted by molar-refractivity contribution is 6.05. The van der Waals surface area contributed by atoms with E-state index in [2.05, 4.69) is 31.4 Å². The molecule has 2 N–H and O–H groups in total. The van der Waals surface area contributed by atoms with Gasteiger partial charge in [0.15, 0.2) is 5.65 Å². The molecule has 4 aromatic rings. The number of nitriles is 1. The molecule has 1 saturated heterocycles. The first-order valence-corrected chi connectivity index (χ1v) is 9.90. The van der Waals surface area contributed by atoms with Crippen molar-refractivity contribution in [2.24, 2.45) is 7.05 Å². The van der Waals surface area contributed by atoms with E-state index in [1.165, 1.54) is 12.1 Å². The lowest BCUT2D eigenvalue weighted by molar-refractivity contribution is 0.0939. The second kappa shape index (κ2) is 7.45. The number of H-pyrrole nitrogens is 1. The minimum atomic E-state index is -0.339. The summed E-state index contributed by atoms with van der Waals surface area (Å²) in [6.07, 6.45) is 3.98. The van der Waals surface area contributed by atoms with Gasteiger partial charge in [0, 0.05) is 37.8 Å². The third-order valence-corrected chi connectivity index (χ3v) is 5.58. The SMILES string of the molecule is Cn1nc(-c2cnc3[nH]cc(C(=O)N[C@@H]4CCN(CC#N)C4)c3n2)c2ccc(F)cc21. The number of nitrogens with one attached hydrogen (secondary N) is 2. The first-order valence-electron chi connectivity index (χ1n) is 9.90. The van der Waals surface area contributed by atoms with Gasteiger partial charge in [0.2, 0.25) is 0 Å². The maximum atomic E-state index is 13.6. The van der Waals surface area contributed by atoms with Crippen molar-refractivity contribution < 1.29 is 9.18 Å². The van der Waals surface area contributed by atoms with Crippen molar-refractivity contribution in [3.05, 3.63) is 42.0 Å². The fourth-order valence-electron chi connectivity index (χ4n) is 4.06. The van der Waals surface area contributed by atoms with E-state index in [4.69, 9.17) is 5.26 Å². The van der Waals surface area contributed by atoms with Crippen LogP contribution in [0.4, 0.5) is 4.39 Å². The summed E-state index contributed by atoms with van der Waals surface area (Å²) in [6, 6.07) is 6.58. The molecule has 0 spiro atoms. The summed E-state index contributed by atoms with van der Waals surface area (Å²) in [5.74, 6) is -0.581. The molecule has 0 bridgehead atoms. The summed E-state index contributed by atoms with van der Waals surface area (Å²) in [6.45, 7) is 1.79. The minimum absolute atomic E-state index is 0.0171. The van der Waals surface area contributed by atoms with Crippen molar-refractivity contribution in [1.29, 1.82) is 5.26 Å². The van der Waals surface area contributed by atoms with Crippen LogP contribution < -0.4 is 5.32 Å². The molecule has 0 saturated carbocycles. The summed E-state index contributed by atoms with van der Waals surface area (Å²) in [5.41, 5.74) is 3.06. The van der Waals surface area contributed by atoms with Crippen molar-refractivity contribution in [1.82, 2.24) is 34.9 Å². The average Bonchev–Trinajstić information content (AvgIpc) is 3.45. The predicted octanol–water partition coefficient (Wildman–Crippen LogP) is 1.98. The molecule has 1 atom stereocenters. The van der Waals surface area contributed by atoms with E-state index in [-0.39, 0.29) is 17.8 Å². The molecule has 3 aromatic heterocycles. The summed E-state index contributed by atoms with van der Waals surface area (Å²) >= 11 is 0. The zero-order valence-corrected chi connectivity index (χ0v) is 16.8. The number of fused-ring (bicyclic) bond motifs is 2. The molecule has 1 amide bonds. The summed E-state index contributed by atoms with van der Waals surface area (Å²) in [5, 5.41) is 17.1. The van der Waals surface area contributed by atoms with Crippen LogP contribution in [0.3, 0.4) is 0 Å². The Morgan fingerprint density at radius 3 is 3.16 bits per heavy atom. The molecule has 0 unspecified atom stereocenters. The zero-order chi connectivity index (χ0) is 21.5. The van der Waals surface area contributed by atoms with Gasteiger partial charge >= 0.3 is 0 Å². The third-order valence-electron chi connectivity index (χ3n) is 5.58. The number of benzene rings is 1. The van der Waals surface area contributed by atoms with E-state index < -0.39 is 0 Å². The van der Waals surface area contributed by atoms with Crippen LogP contribution in [0.25, 0.3) is 33.5 Å². The number of hydrogen-bond acceptors (Lipinski definition) is 6. The Labute approximate surface area is 176 Å². The van der Waals surface area contributed by atoms with Crippen LogP contribution in [0.5, 0.6) is 0 Å². The van der Waals surface area contributed by atoms with Gasteiger partial charge in [0.05, 0.1) is 29.9 Å². The minimum Gasteiger partial charge on any atom is -0.348 e. The van der Waals surface area contributed by atoms with E-state index in [9.17, 15) is 9.18 Å². The fraction of sp³-hybridized carbons (Fsp3) is 0.286. The molecular weight excluding hydrogens is 399 g/mol.